The monoisotopic (exact) mass is 539 g/mol. The van der Waals surface area contributed by atoms with Crippen molar-refractivity contribution in [2.45, 2.75) is 151 Å². The number of hydrogen-bond donors (Lipinski definition) is 0. The number of aliphatic carboxylic acids is 1. The van der Waals surface area contributed by atoms with E-state index in [2.05, 4.69) is 52.8 Å². The van der Waals surface area contributed by atoms with E-state index in [1.54, 1.807) is 6.08 Å². The summed E-state index contributed by atoms with van der Waals surface area (Å²) in [5.74, 6) is -0.905. The van der Waals surface area contributed by atoms with Crippen LogP contribution in [0.4, 0.5) is 0 Å². The number of hydrogen-bond acceptors (Lipinski definition) is 3. The van der Waals surface area contributed by atoms with E-state index in [1.807, 2.05) is 19.1 Å². The lowest BCUT2D eigenvalue weighted by molar-refractivity contribution is -0.305. The smallest absolute Gasteiger partial charge is 0.143 e. The maximum Gasteiger partial charge on any atom is 0.143 e. The van der Waals surface area contributed by atoms with Gasteiger partial charge >= 0.3 is 0 Å². The minimum Gasteiger partial charge on any atom is -0.550 e. The number of carboxylic acids is 1. The number of allylic oxidation sites excluding steroid dienone is 10. The van der Waals surface area contributed by atoms with Gasteiger partial charge in [-0.3, -0.25) is 4.79 Å². The lowest BCUT2D eigenvalue weighted by atomic mass is 9.72. The van der Waals surface area contributed by atoms with Crippen LogP contribution >= 0.6 is 0 Å². The summed E-state index contributed by atoms with van der Waals surface area (Å²) in [6.07, 6.45) is 33.6. The molecule has 0 radical (unpaired) electrons. The molecule has 0 heterocycles. The topological polar surface area (TPSA) is 57.2 Å². The summed E-state index contributed by atoms with van der Waals surface area (Å²) in [5, 5.41) is 10.2. The molecule has 0 bridgehead atoms. The molecule has 0 atom stereocenters. The molecule has 0 aliphatic heterocycles. The molecule has 3 heteroatoms. The van der Waals surface area contributed by atoms with Gasteiger partial charge in [-0.2, -0.15) is 0 Å². The average molecular weight is 540 g/mol. The Morgan fingerprint density at radius 2 is 1.33 bits per heavy atom. The largest absolute Gasteiger partial charge is 0.550 e. The van der Waals surface area contributed by atoms with Crippen molar-refractivity contribution in [3.8, 4) is 0 Å². The fourth-order valence-electron chi connectivity index (χ4n) is 5.08. The molecule has 0 N–H and O–H groups in total. The second-order valence-corrected chi connectivity index (χ2v) is 11.9. The SMILES string of the molecule is CC1=C(/C=C/C(C)=C/C=C/C(C)=C/C=O)C(C)(C)CCC1.CCCCCCCCCCCCCCCC(=O)[O-]. The van der Waals surface area contributed by atoms with E-state index < -0.39 is 5.97 Å². The van der Waals surface area contributed by atoms with Crippen LogP contribution < -0.4 is 5.11 Å². The molecule has 1 rings (SSSR count). The summed E-state index contributed by atoms with van der Waals surface area (Å²) in [5.41, 5.74) is 5.48. The highest BCUT2D eigenvalue weighted by molar-refractivity contribution is 5.67. The Morgan fingerprint density at radius 3 is 1.82 bits per heavy atom. The maximum atomic E-state index is 10.3. The number of carbonyl (C=O) groups excluding carboxylic acids is 2. The molecular formula is C36H59O3-. The molecule has 0 aromatic carbocycles. The summed E-state index contributed by atoms with van der Waals surface area (Å²) in [6, 6.07) is 0. The lowest BCUT2D eigenvalue weighted by Crippen LogP contribution is -2.21. The van der Waals surface area contributed by atoms with E-state index in [-0.39, 0.29) is 11.8 Å². The number of carboxylic acid groups (broad SMARTS) is 1. The average Bonchev–Trinajstić information content (AvgIpc) is 2.86. The van der Waals surface area contributed by atoms with Crippen LogP contribution in [0.3, 0.4) is 0 Å². The molecule has 0 amide bonds. The van der Waals surface area contributed by atoms with Crippen molar-refractivity contribution in [3.63, 3.8) is 0 Å². The van der Waals surface area contributed by atoms with Crippen LogP contribution in [0, 0.1) is 5.41 Å². The Hall–Kier alpha value is -2.16. The van der Waals surface area contributed by atoms with Crippen molar-refractivity contribution in [2.75, 3.05) is 0 Å². The summed E-state index contributed by atoms with van der Waals surface area (Å²) in [7, 11) is 0. The second-order valence-electron chi connectivity index (χ2n) is 11.9. The molecule has 222 valence electrons. The number of aldehydes is 1. The quantitative estimate of drug-likeness (QED) is 0.0710. The Morgan fingerprint density at radius 1 is 0.821 bits per heavy atom. The van der Waals surface area contributed by atoms with Crippen molar-refractivity contribution < 1.29 is 14.7 Å². The number of rotatable bonds is 19. The maximum absolute atomic E-state index is 10.3. The first-order chi connectivity index (χ1) is 18.6. The van der Waals surface area contributed by atoms with Crippen LogP contribution in [0.5, 0.6) is 0 Å². The zero-order chi connectivity index (χ0) is 29.4. The van der Waals surface area contributed by atoms with Crippen molar-refractivity contribution in [1.82, 2.24) is 0 Å². The van der Waals surface area contributed by atoms with Gasteiger partial charge in [0.05, 0.1) is 0 Å². The molecule has 0 aromatic rings. The fraction of sp³-hybridized carbons (Fsp3) is 0.667. The van der Waals surface area contributed by atoms with E-state index in [9.17, 15) is 14.7 Å². The molecule has 0 unspecified atom stereocenters. The molecule has 1 aliphatic rings. The van der Waals surface area contributed by atoms with Gasteiger partial charge in [-0.1, -0.05) is 139 Å². The Balaban J connectivity index is 0.000000751. The first kappa shape index (κ1) is 36.8. The third kappa shape index (κ3) is 21.4. The van der Waals surface area contributed by atoms with Crippen molar-refractivity contribution in [3.05, 3.63) is 58.7 Å². The molecule has 0 fully saturated rings. The predicted molar refractivity (Wildman–Crippen MR) is 168 cm³/mol. The van der Waals surface area contributed by atoms with E-state index in [0.717, 1.165) is 24.7 Å². The fourth-order valence-corrected chi connectivity index (χ4v) is 5.08. The second kappa shape index (κ2) is 23.7. The van der Waals surface area contributed by atoms with Crippen LogP contribution in [0.2, 0.25) is 0 Å². The third-order valence-corrected chi connectivity index (χ3v) is 7.59. The molecule has 0 aromatic heterocycles. The van der Waals surface area contributed by atoms with Crippen molar-refractivity contribution >= 4 is 12.3 Å². The third-order valence-electron chi connectivity index (χ3n) is 7.59. The van der Waals surface area contributed by atoms with Crippen LogP contribution in [0.1, 0.15) is 151 Å². The molecule has 3 nitrogen and oxygen atoms in total. The Bertz CT molecular complexity index is 820. The van der Waals surface area contributed by atoms with Gasteiger partial charge in [0, 0.05) is 5.97 Å². The number of carbonyl (C=O) groups is 2. The lowest BCUT2D eigenvalue weighted by Gasteiger charge is -2.32. The van der Waals surface area contributed by atoms with E-state index in [4.69, 9.17) is 0 Å². The summed E-state index contributed by atoms with van der Waals surface area (Å²) in [6.45, 7) is 13.2. The number of unbranched alkanes of at least 4 members (excludes halogenated alkanes) is 12. The minimum absolute atomic E-state index is 0.234. The van der Waals surface area contributed by atoms with Crippen molar-refractivity contribution in [2.24, 2.45) is 5.41 Å². The highest BCUT2D eigenvalue weighted by Crippen LogP contribution is 2.40. The van der Waals surface area contributed by atoms with E-state index >= 15 is 0 Å². The Labute approximate surface area is 241 Å². The standard InChI is InChI=1S/C20H28O.C16H32O2/c1-16(8-6-9-17(2)13-15-21)11-12-19-18(3)10-7-14-20(19,4)5;1-2-3-4-5-6-7-8-9-10-11-12-13-14-15-16(17)18/h6,8-9,11-13,15H,7,10,14H2,1-5H3;2-15H2,1H3,(H,17,18)/p-1/b9-6+,12-11+,16-8+,17-13+;. The van der Waals surface area contributed by atoms with Crippen molar-refractivity contribution in [1.29, 1.82) is 0 Å². The summed E-state index contributed by atoms with van der Waals surface area (Å²) in [4.78, 5) is 20.5. The highest BCUT2D eigenvalue weighted by atomic mass is 16.4. The van der Waals surface area contributed by atoms with Gasteiger partial charge in [-0.25, -0.2) is 0 Å². The molecule has 0 saturated heterocycles. The van der Waals surface area contributed by atoms with Gasteiger partial charge in [0.25, 0.3) is 0 Å². The van der Waals surface area contributed by atoms with E-state index in [0.29, 0.717) is 0 Å². The first-order valence-electron chi connectivity index (χ1n) is 15.7. The van der Waals surface area contributed by atoms with Gasteiger partial charge < -0.3 is 9.90 Å². The van der Waals surface area contributed by atoms with Gasteiger partial charge in [0.1, 0.15) is 6.29 Å². The van der Waals surface area contributed by atoms with Gasteiger partial charge in [-0.15, -0.1) is 0 Å². The molecular weight excluding hydrogens is 480 g/mol. The normalized spacial score (nSPS) is 16.1. The van der Waals surface area contributed by atoms with Crippen LogP contribution in [0.25, 0.3) is 0 Å². The van der Waals surface area contributed by atoms with Gasteiger partial charge in [0.2, 0.25) is 0 Å². The first-order valence-corrected chi connectivity index (χ1v) is 15.7. The van der Waals surface area contributed by atoms with Crippen LogP contribution in [0.15, 0.2) is 58.7 Å². The molecule has 1 aliphatic carbocycles. The zero-order valence-electron chi connectivity index (χ0n) is 26.3. The van der Waals surface area contributed by atoms with E-state index in [1.165, 1.54) is 107 Å². The van der Waals surface area contributed by atoms with Crippen LogP contribution in [-0.2, 0) is 9.59 Å². The zero-order valence-corrected chi connectivity index (χ0v) is 26.3. The minimum atomic E-state index is -0.905. The Kier molecular flexibility index (Phi) is 22.4. The molecule has 39 heavy (non-hydrogen) atoms. The van der Waals surface area contributed by atoms with Crippen LogP contribution in [-0.4, -0.2) is 12.3 Å². The highest BCUT2D eigenvalue weighted by Gasteiger charge is 2.26. The summed E-state index contributed by atoms with van der Waals surface area (Å²) < 4.78 is 0. The summed E-state index contributed by atoms with van der Waals surface area (Å²) >= 11 is 0. The van der Waals surface area contributed by atoms with Gasteiger partial charge in [0.15, 0.2) is 0 Å². The predicted octanol–water partition coefficient (Wildman–Crippen LogP) is 9.93. The molecule has 0 spiro atoms. The van der Waals surface area contributed by atoms with Gasteiger partial charge in [-0.05, 0) is 75.5 Å². The molecule has 0 saturated carbocycles.